The van der Waals surface area contributed by atoms with Crippen molar-refractivity contribution in [2.24, 2.45) is 5.92 Å². The predicted molar refractivity (Wildman–Crippen MR) is 73.7 cm³/mol. The second kappa shape index (κ2) is 4.94. The molecule has 3 rings (SSSR count). The van der Waals surface area contributed by atoms with Crippen molar-refractivity contribution in [2.75, 3.05) is 11.9 Å². The van der Waals surface area contributed by atoms with Crippen LogP contribution in [0.1, 0.15) is 12.8 Å². The van der Waals surface area contributed by atoms with Crippen LogP contribution in [0.15, 0.2) is 36.4 Å². The van der Waals surface area contributed by atoms with E-state index in [9.17, 15) is 0 Å². The molecule has 0 aliphatic heterocycles. The van der Waals surface area contributed by atoms with E-state index < -0.39 is 0 Å². The lowest BCUT2D eigenvalue weighted by Crippen LogP contribution is -2.06. The minimum absolute atomic E-state index is 0.629. The maximum absolute atomic E-state index is 6.22. The summed E-state index contributed by atoms with van der Waals surface area (Å²) in [5.41, 5.74) is 1.83. The van der Waals surface area contributed by atoms with Crippen LogP contribution in [0.3, 0.4) is 0 Å². The number of anilines is 1. The van der Waals surface area contributed by atoms with Gasteiger partial charge in [0, 0.05) is 12.1 Å². The Morgan fingerprint density at radius 3 is 2.61 bits per heavy atom. The zero-order chi connectivity index (χ0) is 12.4. The zero-order valence-corrected chi connectivity index (χ0v) is 10.7. The molecule has 2 aromatic rings. The number of nitrogens with one attached hydrogen (secondary N) is 1. The largest absolute Gasteiger partial charge is 0.367 e. The molecule has 18 heavy (non-hydrogen) atoms. The first-order chi connectivity index (χ1) is 8.83. The fourth-order valence-electron chi connectivity index (χ4n) is 1.80. The lowest BCUT2D eigenvalue weighted by molar-refractivity contribution is 0.874. The molecule has 1 fully saturated rings. The van der Waals surface area contributed by atoms with E-state index >= 15 is 0 Å². The Labute approximate surface area is 111 Å². The van der Waals surface area contributed by atoms with E-state index in [0.717, 1.165) is 23.7 Å². The third-order valence-corrected chi connectivity index (χ3v) is 3.36. The van der Waals surface area contributed by atoms with Gasteiger partial charge in [-0.1, -0.05) is 41.9 Å². The lowest BCUT2D eigenvalue weighted by Gasteiger charge is -2.07. The van der Waals surface area contributed by atoms with E-state index in [2.05, 4.69) is 15.5 Å². The molecule has 1 aromatic carbocycles. The molecule has 1 saturated carbocycles. The summed E-state index contributed by atoms with van der Waals surface area (Å²) in [4.78, 5) is 0. The highest BCUT2D eigenvalue weighted by atomic mass is 35.5. The number of hydrogen-bond acceptors (Lipinski definition) is 3. The summed E-state index contributed by atoms with van der Waals surface area (Å²) < 4.78 is 0. The Hall–Kier alpha value is -1.61. The summed E-state index contributed by atoms with van der Waals surface area (Å²) in [6, 6.07) is 11.8. The van der Waals surface area contributed by atoms with Gasteiger partial charge in [-0.3, -0.25) is 0 Å². The Morgan fingerprint density at radius 2 is 1.94 bits per heavy atom. The molecule has 92 valence electrons. The van der Waals surface area contributed by atoms with Crippen LogP contribution in [0, 0.1) is 5.92 Å². The molecule has 1 heterocycles. The van der Waals surface area contributed by atoms with Crippen molar-refractivity contribution in [2.45, 2.75) is 12.8 Å². The zero-order valence-electron chi connectivity index (χ0n) is 9.94. The third kappa shape index (κ3) is 2.62. The van der Waals surface area contributed by atoms with E-state index in [-0.39, 0.29) is 0 Å². The van der Waals surface area contributed by atoms with Crippen molar-refractivity contribution >= 4 is 17.4 Å². The highest BCUT2D eigenvalue weighted by molar-refractivity contribution is 6.33. The topological polar surface area (TPSA) is 37.8 Å². The fourth-order valence-corrected chi connectivity index (χ4v) is 2.01. The number of rotatable bonds is 4. The van der Waals surface area contributed by atoms with Gasteiger partial charge < -0.3 is 5.32 Å². The van der Waals surface area contributed by atoms with E-state index in [1.165, 1.54) is 12.8 Å². The Balaban J connectivity index is 1.79. The molecule has 0 amide bonds. The molecule has 1 aliphatic rings. The quantitative estimate of drug-likeness (QED) is 0.911. The lowest BCUT2D eigenvalue weighted by atomic mass is 10.1. The van der Waals surface area contributed by atoms with Crippen LogP contribution < -0.4 is 5.32 Å². The summed E-state index contributed by atoms with van der Waals surface area (Å²) in [6.07, 6.45) is 2.61. The van der Waals surface area contributed by atoms with Crippen molar-refractivity contribution in [3.63, 3.8) is 0 Å². The van der Waals surface area contributed by atoms with Crippen LogP contribution in [-0.4, -0.2) is 16.7 Å². The van der Waals surface area contributed by atoms with E-state index in [1.807, 2.05) is 36.4 Å². The maximum atomic E-state index is 6.22. The number of nitrogens with zero attached hydrogens (tertiary/aromatic N) is 2. The highest BCUT2D eigenvalue weighted by Gasteiger charge is 2.21. The minimum Gasteiger partial charge on any atom is -0.367 e. The first kappa shape index (κ1) is 11.5. The summed E-state index contributed by atoms with van der Waals surface area (Å²) in [7, 11) is 0. The van der Waals surface area contributed by atoms with Gasteiger partial charge in [0.15, 0.2) is 5.82 Å². The predicted octanol–water partition coefficient (Wildman–Crippen LogP) is 3.62. The first-order valence-electron chi connectivity index (χ1n) is 6.15. The Kier molecular flexibility index (Phi) is 3.15. The Morgan fingerprint density at radius 1 is 1.17 bits per heavy atom. The van der Waals surface area contributed by atoms with Gasteiger partial charge in [-0.15, -0.1) is 10.2 Å². The summed E-state index contributed by atoms with van der Waals surface area (Å²) in [5, 5.41) is 12.2. The van der Waals surface area contributed by atoms with E-state index in [1.54, 1.807) is 0 Å². The van der Waals surface area contributed by atoms with Crippen molar-refractivity contribution in [3.05, 3.63) is 41.4 Å². The van der Waals surface area contributed by atoms with Crippen LogP contribution in [0.5, 0.6) is 0 Å². The second-order valence-corrected chi connectivity index (χ2v) is 5.02. The smallest absolute Gasteiger partial charge is 0.167 e. The van der Waals surface area contributed by atoms with Crippen LogP contribution in [0.4, 0.5) is 5.82 Å². The average molecular weight is 260 g/mol. The molecule has 1 aliphatic carbocycles. The second-order valence-electron chi connectivity index (χ2n) is 4.62. The van der Waals surface area contributed by atoms with Crippen LogP contribution in [0.25, 0.3) is 11.3 Å². The van der Waals surface area contributed by atoms with Gasteiger partial charge in [-0.2, -0.15) is 0 Å². The number of aromatic nitrogens is 2. The van der Waals surface area contributed by atoms with Gasteiger partial charge in [-0.05, 0) is 24.8 Å². The van der Waals surface area contributed by atoms with Crippen molar-refractivity contribution in [3.8, 4) is 11.3 Å². The maximum Gasteiger partial charge on any atom is 0.167 e. The van der Waals surface area contributed by atoms with Crippen molar-refractivity contribution < 1.29 is 0 Å². The third-order valence-electron chi connectivity index (χ3n) is 3.07. The first-order valence-corrected chi connectivity index (χ1v) is 6.53. The van der Waals surface area contributed by atoms with Gasteiger partial charge in [0.25, 0.3) is 0 Å². The molecule has 0 spiro atoms. The minimum atomic E-state index is 0.629. The van der Waals surface area contributed by atoms with Gasteiger partial charge in [0.1, 0.15) is 0 Å². The molecular formula is C14H14ClN3. The standard InChI is InChI=1S/C14H14ClN3/c15-12-8-13(11-4-2-1-3-5-11)17-18-14(12)16-9-10-6-7-10/h1-5,8,10H,6-7,9H2,(H,16,18). The number of hydrogen-bond donors (Lipinski definition) is 1. The number of halogens is 1. The summed E-state index contributed by atoms with van der Waals surface area (Å²) in [5.74, 6) is 1.47. The molecule has 3 nitrogen and oxygen atoms in total. The molecule has 0 atom stereocenters. The van der Waals surface area contributed by atoms with Gasteiger partial charge in [-0.25, -0.2) is 0 Å². The molecular weight excluding hydrogens is 246 g/mol. The molecule has 0 unspecified atom stereocenters. The molecule has 0 radical (unpaired) electrons. The summed E-state index contributed by atoms with van der Waals surface area (Å²) in [6.45, 7) is 0.944. The highest BCUT2D eigenvalue weighted by Crippen LogP contribution is 2.30. The monoisotopic (exact) mass is 259 g/mol. The summed E-state index contributed by atoms with van der Waals surface area (Å²) >= 11 is 6.22. The van der Waals surface area contributed by atoms with Crippen LogP contribution >= 0.6 is 11.6 Å². The van der Waals surface area contributed by atoms with E-state index in [0.29, 0.717) is 10.8 Å². The van der Waals surface area contributed by atoms with Gasteiger partial charge in [0.2, 0.25) is 0 Å². The van der Waals surface area contributed by atoms with Crippen molar-refractivity contribution in [1.82, 2.24) is 10.2 Å². The molecule has 0 saturated heterocycles. The van der Waals surface area contributed by atoms with E-state index in [4.69, 9.17) is 11.6 Å². The Bertz CT molecular complexity index is 538. The molecule has 0 bridgehead atoms. The fraction of sp³-hybridized carbons (Fsp3) is 0.286. The average Bonchev–Trinajstić information content (AvgIpc) is 3.22. The van der Waals surface area contributed by atoms with Crippen LogP contribution in [-0.2, 0) is 0 Å². The van der Waals surface area contributed by atoms with Gasteiger partial charge >= 0.3 is 0 Å². The number of benzene rings is 1. The molecule has 4 heteroatoms. The normalized spacial score (nSPS) is 14.5. The molecule has 1 N–H and O–H groups in total. The van der Waals surface area contributed by atoms with Gasteiger partial charge in [0.05, 0.1) is 10.7 Å². The van der Waals surface area contributed by atoms with Crippen LogP contribution in [0.2, 0.25) is 5.02 Å². The SMILES string of the molecule is Clc1cc(-c2ccccc2)nnc1NCC1CC1. The van der Waals surface area contributed by atoms with Crippen molar-refractivity contribution in [1.29, 1.82) is 0 Å². The molecule has 1 aromatic heterocycles.